The van der Waals surface area contributed by atoms with E-state index in [-0.39, 0.29) is 24.0 Å². The predicted octanol–water partition coefficient (Wildman–Crippen LogP) is 1.78. The number of rotatable bonds is 9. The van der Waals surface area contributed by atoms with Crippen LogP contribution < -0.4 is 11.1 Å². The molecule has 0 bridgehead atoms. The summed E-state index contributed by atoms with van der Waals surface area (Å²) in [5.41, 5.74) is 6.08. The van der Waals surface area contributed by atoms with E-state index in [9.17, 15) is 13.2 Å². The monoisotopic (exact) mass is 376 g/mol. The second-order valence-corrected chi connectivity index (χ2v) is 8.05. The highest BCUT2D eigenvalue weighted by molar-refractivity contribution is 9.10. The van der Waals surface area contributed by atoms with Crippen molar-refractivity contribution >= 4 is 31.7 Å². The Kier molecular flexibility index (Phi) is 7.34. The first-order valence-electron chi connectivity index (χ1n) is 6.81. The van der Waals surface area contributed by atoms with E-state index >= 15 is 0 Å². The average molecular weight is 377 g/mol. The largest absolute Gasteiger partial charge is 0.370 e. The summed E-state index contributed by atoms with van der Waals surface area (Å²) < 4.78 is 24.5. The highest BCUT2D eigenvalue weighted by Crippen LogP contribution is 2.19. The first-order valence-corrected chi connectivity index (χ1v) is 9.43. The molecule has 21 heavy (non-hydrogen) atoms. The Balaban J connectivity index is 2.49. The number of amides is 1. The Bertz CT molecular complexity index is 558. The molecule has 0 aromatic heterocycles. The highest BCUT2D eigenvalue weighted by Gasteiger charge is 2.14. The van der Waals surface area contributed by atoms with Crippen LogP contribution in [0.25, 0.3) is 0 Å². The summed E-state index contributed by atoms with van der Waals surface area (Å²) in [6, 6.07) is 8.05. The minimum Gasteiger partial charge on any atom is -0.370 e. The molecule has 5 nitrogen and oxygen atoms in total. The molecule has 7 heteroatoms. The summed E-state index contributed by atoms with van der Waals surface area (Å²) in [7, 11) is -3.24. The lowest BCUT2D eigenvalue weighted by molar-refractivity contribution is -0.117. The van der Waals surface area contributed by atoms with E-state index in [0.717, 1.165) is 16.5 Å². The molecule has 1 amide bonds. The average Bonchev–Trinajstić information content (AvgIpc) is 2.43. The van der Waals surface area contributed by atoms with Gasteiger partial charge in [0.15, 0.2) is 9.84 Å². The smallest absolute Gasteiger partial charge is 0.218 e. The van der Waals surface area contributed by atoms with Gasteiger partial charge in [-0.3, -0.25) is 4.79 Å². The minimum absolute atomic E-state index is 0.00725. The van der Waals surface area contributed by atoms with E-state index in [0.29, 0.717) is 6.54 Å². The third-order valence-electron chi connectivity index (χ3n) is 3.14. The molecular weight excluding hydrogens is 356 g/mol. The van der Waals surface area contributed by atoms with E-state index in [2.05, 4.69) is 21.2 Å². The summed E-state index contributed by atoms with van der Waals surface area (Å²) >= 11 is 3.39. The number of hydrogen-bond acceptors (Lipinski definition) is 4. The van der Waals surface area contributed by atoms with Crippen LogP contribution in [0.15, 0.2) is 28.7 Å². The van der Waals surface area contributed by atoms with Gasteiger partial charge in [-0.2, -0.15) is 0 Å². The fourth-order valence-corrected chi connectivity index (χ4v) is 3.35. The number of carbonyl (C=O) groups is 1. The zero-order valence-corrected chi connectivity index (χ0v) is 14.4. The normalized spacial score (nSPS) is 13.0. The van der Waals surface area contributed by atoms with Crippen molar-refractivity contribution in [1.82, 2.24) is 5.32 Å². The topological polar surface area (TPSA) is 89.3 Å². The van der Waals surface area contributed by atoms with Crippen LogP contribution in [0.2, 0.25) is 0 Å². The van der Waals surface area contributed by atoms with Crippen LogP contribution in [0.1, 0.15) is 31.4 Å². The number of nitrogens with two attached hydrogens (primary N) is 1. The lowest BCUT2D eigenvalue weighted by Gasteiger charge is -2.17. The molecule has 0 radical (unpaired) electrons. The van der Waals surface area contributed by atoms with E-state index in [1.165, 1.54) is 0 Å². The van der Waals surface area contributed by atoms with Crippen LogP contribution in [0, 0.1) is 0 Å². The Labute approximate surface area is 134 Å². The van der Waals surface area contributed by atoms with Crippen molar-refractivity contribution in [3.05, 3.63) is 34.3 Å². The molecule has 3 N–H and O–H groups in total. The molecular formula is C14H21BrN2O3S. The number of hydrogen-bond donors (Lipinski definition) is 2. The minimum atomic E-state index is -3.24. The first kappa shape index (κ1) is 18.1. The van der Waals surface area contributed by atoms with Gasteiger partial charge in [0.25, 0.3) is 0 Å². The fraction of sp³-hybridized carbons (Fsp3) is 0.500. The zero-order valence-electron chi connectivity index (χ0n) is 12.0. The van der Waals surface area contributed by atoms with Gasteiger partial charge in [-0.15, -0.1) is 0 Å². The molecule has 0 saturated carbocycles. The molecule has 0 aliphatic heterocycles. The van der Waals surface area contributed by atoms with Crippen LogP contribution in [-0.2, 0) is 14.6 Å². The first-order chi connectivity index (χ1) is 9.84. The Morgan fingerprint density at radius 1 is 1.29 bits per heavy atom. The van der Waals surface area contributed by atoms with Crippen molar-refractivity contribution in [3.63, 3.8) is 0 Å². The molecule has 1 unspecified atom stereocenters. The third-order valence-corrected chi connectivity index (χ3v) is 5.32. The molecule has 1 aromatic rings. The van der Waals surface area contributed by atoms with Gasteiger partial charge in [-0.05, 0) is 24.1 Å². The van der Waals surface area contributed by atoms with E-state index in [1.807, 2.05) is 31.2 Å². The molecule has 1 aromatic carbocycles. The Hall–Kier alpha value is -0.920. The molecule has 0 fully saturated rings. The number of primary amides is 1. The van der Waals surface area contributed by atoms with E-state index in [4.69, 9.17) is 5.73 Å². The maximum absolute atomic E-state index is 11.7. The number of nitrogens with one attached hydrogen (secondary N) is 1. The van der Waals surface area contributed by atoms with Gasteiger partial charge in [0.1, 0.15) is 0 Å². The van der Waals surface area contributed by atoms with Crippen LogP contribution in [-0.4, -0.2) is 32.4 Å². The maximum atomic E-state index is 11.7. The molecule has 0 spiro atoms. The SMILES string of the molecule is CCC(NCCS(=O)(=O)CCC(N)=O)c1ccc(Br)cc1. The highest BCUT2D eigenvalue weighted by atomic mass is 79.9. The maximum Gasteiger partial charge on any atom is 0.218 e. The lowest BCUT2D eigenvalue weighted by atomic mass is 10.1. The van der Waals surface area contributed by atoms with Crippen LogP contribution in [0.4, 0.5) is 0 Å². The summed E-state index contributed by atoms with van der Waals surface area (Å²) in [6.45, 7) is 2.40. The van der Waals surface area contributed by atoms with Crippen LogP contribution >= 0.6 is 15.9 Å². The standard InChI is InChI=1S/C14H21BrN2O3S/c1-2-13(11-3-5-12(15)6-4-11)17-8-10-21(19,20)9-7-14(16)18/h3-6,13,17H,2,7-10H2,1H3,(H2,16,18). The van der Waals surface area contributed by atoms with Gasteiger partial charge < -0.3 is 11.1 Å². The van der Waals surface area contributed by atoms with E-state index < -0.39 is 15.7 Å². The predicted molar refractivity (Wildman–Crippen MR) is 87.6 cm³/mol. The summed E-state index contributed by atoms with van der Waals surface area (Å²) in [4.78, 5) is 10.6. The molecule has 0 aliphatic carbocycles. The van der Waals surface area contributed by atoms with Crippen molar-refractivity contribution in [3.8, 4) is 0 Å². The van der Waals surface area contributed by atoms with Gasteiger partial charge in [-0.1, -0.05) is 35.0 Å². The van der Waals surface area contributed by atoms with Gasteiger partial charge >= 0.3 is 0 Å². The van der Waals surface area contributed by atoms with Crippen LogP contribution in [0.3, 0.4) is 0 Å². The molecule has 118 valence electrons. The van der Waals surface area contributed by atoms with Crippen molar-refractivity contribution in [2.24, 2.45) is 5.73 Å². The van der Waals surface area contributed by atoms with E-state index in [1.54, 1.807) is 0 Å². The molecule has 0 aliphatic rings. The number of sulfone groups is 1. The summed E-state index contributed by atoms with van der Waals surface area (Å²) in [5.74, 6) is -0.764. The van der Waals surface area contributed by atoms with Crippen molar-refractivity contribution in [2.75, 3.05) is 18.1 Å². The number of carbonyl (C=O) groups excluding carboxylic acids is 1. The second kappa shape index (κ2) is 8.51. The molecule has 0 heterocycles. The second-order valence-electron chi connectivity index (χ2n) is 4.83. The van der Waals surface area contributed by atoms with Crippen molar-refractivity contribution in [2.45, 2.75) is 25.8 Å². The number of halogens is 1. The Morgan fingerprint density at radius 3 is 2.43 bits per heavy atom. The van der Waals surface area contributed by atoms with Gasteiger partial charge in [0.2, 0.25) is 5.91 Å². The van der Waals surface area contributed by atoms with Gasteiger partial charge in [0.05, 0.1) is 11.5 Å². The zero-order chi connectivity index (χ0) is 15.9. The molecule has 0 saturated heterocycles. The molecule has 1 atom stereocenters. The Morgan fingerprint density at radius 2 is 1.90 bits per heavy atom. The molecule has 1 rings (SSSR count). The number of benzene rings is 1. The third kappa shape index (κ3) is 7.06. The van der Waals surface area contributed by atoms with Gasteiger partial charge in [-0.25, -0.2) is 8.42 Å². The van der Waals surface area contributed by atoms with Gasteiger partial charge in [0, 0.05) is 23.5 Å². The summed E-state index contributed by atoms with van der Waals surface area (Å²) in [5, 5.41) is 3.24. The summed E-state index contributed by atoms with van der Waals surface area (Å²) in [6.07, 6.45) is 0.745. The quantitative estimate of drug-likeness (QED) is 0.687. The lowest BCUT2D eigenvalue weighted by Crippen LogP contribution is -2.29. The van der Waals surface area contributed by atoms with Crippen molar-refractivity contribution in [1.29, 1.82) is 0 Å². The van der Waals surface area contributed by atoms with Crippen LogP contribution in [0.5, 0.6) is 0 Å². The van der Waals surface area contributed by atoms with Crippen molar-refractivity contribution < 1.29 is 13.2 Å². The fourth-order valence-electron chi connectivity index (χ4n) is 1.94.